The van der Waals surface area contributed by atoms with Crippen LogP contribution in [0.25, 0.3) is 0 Å². The molecule has 0 aliphatic carbocycles. The first-order valence-corrected chi connectivity index (χ1v) is 9.74. The Kier molecular flexibility index (Phi) is 6.79. The number of aliphatic hydroxyl groups is 1. The lowest BCUT2D eigenvalue weighted by Gasteiger charge is -2.28. The lowest BCUT2D eigenvalue weighted by atomic mass is 10.0. The summed E-state index contributed by atoms with van der Waals surface area (Å²) in [4.78, 5) is 14.4. The number of hydrogen-bond acceptors (Lipinski definition) is 5. The number of carbonyl (C=O) groups is 1. The van der Waals surface area contributed by atoms with Crippen LogP contribution in [0.3, 0.4) is 0 Å². The van der Waals surface area contributed by atoms with Gasteiger partial charge in [-0.15, -0.1) is 0 Å². The molecule has 158 valence electrons. The minimum absolute atomic E-state index is 0.224. The molecule has 30 heavy (non-hydrogen) atoms. The second-order valence-corrected chi connectivity index (χ2v) is 7.13. The Morgan fingerprint density at radius 1 is 1.07 bits per heavy atom. The van der Waals surface area contributed by atoms with Gasteiger partial charge >= 0.3 is 0 Å². The van der Waals surface area contributed by atoms with E-state index in [2.05, 4.69) is 0 Å². The number of aliphatic hydroxyl groups excluding tert-OH is 1. The summed E-state index contributed by atoms with van der Waals surface area (Å²) in [6, 6.07) is 17.8. The molecule has 3 rings (SSSR count). The highest BCUT2D eigenvalue weighted by Crippen LogP contribution is 2.27. The van der Waals surface area contributed by atoms with Crippen molar-refractivity contribution in [2.45, 2.75) is 25.5 Å². The molecular weight excluding hydrogens is 382 g/mol. The molecule has 0 radical (unpaired) electrons. The van der Waals surface area contributed by atoms with Gasteiger partial charge in [0.2, 0.25) is 0 Å². The van der Waals surface area contributed by atoms with Gasteiger partial charge in [0.25, 0.3) is 5.91 Å². The summed E-state index contributed by atoms with van der Waals surface area (Å²) in [6.07, 6.45) is -0.338. The van der Waals surface area contributed by atoms with Crippen LogP contribution in [-0.4, -0.2) is 43.2 Å². The van der Waals surface area contributed by atoms with Crippen molar-refractivity contribution in [2.75, 3.05) is 21.3 Å². The van der Waals surface area contributed by atoms with Crippen LogP contribution in [0, 0.1) is 0 Å². The maximum absolute atomic E-state index is 12.9. The molecule has 0 fully saturated rings. The number of benzene rings is 2. The molecule has 0 aliphatic rings. The summed E-state index contributed by atoms with van der Waals surface area (Å²) in [5, 5.41) is 10.6. The second-order valence-electron chi connectivity index (χ2n) is 7.13. The topological polar surface area (TPSA) is 72.1 Å². The number of furan rings is 1. The smallest absolute Gasteiger partial charge is 0.289 e. The monoisotopic (exact) mass is 409 g/mol. The third-order valence-electron chi connectivity index (χ3n) is 5.25. The Morgan fingerprint density at radius 2 is 1.80 bits per heavy atom. The molecule has 0 spiro atoms. The molecule has 0 saturated carbocycles. The SMILES string of the molecule is COc1ccc(OC)c(Cc2ccc(C(=O)N(C)[C@@H](C)[C@H](O)c3ccccc3)o2)c1. The first-order chi connectivity index (χ1) is 14.4. The highest BCUT2D eigenvalue weighted by atomic mass is 16.5. The van der Waals surface area contributed by atoms with E-state index in [1.54, 1.807) is 40.3 Å². The van der Waals surface area contributed by atoms with E-state index in [1.165, 1.54) is 4.90 Å². The number of methoxy groups -OCH3 is 2. The van der Waals surface area contributed by atoms with Gasteiger partial charge in [-0.2, -0.15) is 0 Å². The molecule has 1 heterocycles. The Balaban J connectivity index is 1.73. The summed E-state index contributed by atoms with van der Waals surface area (Å²) in [6.45, 7) is 1.81. The van der Waals surface area contributed by atoms with E-state index < -0.39 is 12.1 Å². The Hall–Kier alpha value is -3.25. The molecule has 1 aromatic heterocycles. The van der Waals surface area contributed by atoms with E-state index in [0.717, 1.165) is 22.6 Å². The fourth-order valence-corrected chi connectivity index (χ4v) is 3.29. The highest BCUT2D eigenvalue weighted by molar-refractivity contribution is 5.91. The Morgan fingerprint density at radius 3 is 2.47 bits per heavy atom. The van der Waals surface area contributed by atoms with Crippen LogP contribution >= 0.6 is 0 Å². The number of ether oxygens (including phenoxy) is 2. The number of nitrogens with zero attached hydrogens (tertiary/aromatic N) is 1. The summed E-state index contributed by atoms with van der Waals surface area (Å²) in [5.74, 6) is 2.01. The molecule has 0 bridgehead atoms. The molecule has 2 aromatic carbocycles. The maximum Gasteiger partial charge on any atom is 0.289 e. The molecule has 1 N–H and O–H groups in total. The Bertz CT molecular complexity index is 982. The van der Waals surface area contributed by atoms with Gasteiger partial charge in [0.1, 0.15) is 17.3 Å². The van der Waals surface area contributed by atoms with Crippen molar-refractivity contribution in [3.63, 3.8) is 0 Å². The van der Waals surface area contributed by atoms with Crippen LogP contribution in [0.4, 0.5) is 0 Å². The highest BCUT2D eigenvalue weighted by Gasteiger charge is 2.26. The number of carbonyl (C=O) groups excluding carboxylic acids is 1. The van der Waals surface area contributed by atoms with Crippen molar-refractivity contribution in [1.29, 1.82) is 0 Å². The lowest BCUT2D eigenvalue weighted by Crippen LogP contribution is -2.38. The average molecular weight is 409 g/mol. The zero-order valence-corrected chi connectivity index (χ0v) is 17.7. The first-order valence-electron chi connectivity index (χ1n) is 9.74. The predicted octanol–water partition coefficient (Wildman–Crippen LogP) is 4.08. The van der Waals surface area contributed by atoms with Crippen LogP contribution in [0.5, 0.6) is 11.5 Å². The first kappa shape index (κ1) is 21.5. The maximum atomic E-state index is 12.9. The van der Waals surface area contributed by atoms with E-state index in [-0.39, 0.29) is 11.7 Å². The summed E-state index contributed by atoms with van der Waals surface area (Å²) >= 11 is 0. The van der Waals surface area contributed by atoms with Crippen molar-refractivity contribution < 1.29 is 23.8 Å². The third-order valence-corrected chi connectivity index (χ3v) is 5.25. The van der Waals surface area contributed by atoms with Gasteiger partial charge in [-0.1, -0.05) is 30.3 Å². The minimum atomic E-state index is -0.796. The van der Waals surface area contributed by atoms with Gasteiger partial charge in [0.05, 0.1) is 26.4 Å². The Labute approximate surface area is 176 Å². The fourth-order valence-electron chi connectivity index (χ4n) is 3.29. The second kappa shape index (κ2) is 9.50. The van der Waals surface area contributed by atoms with Gasteiger partial charge < -0.3 is 23.9 Å². The van der Waals surface area contributed by atoms with Gasteiger partial charge in [-0.3, -0.25) is 4.79 Å². The molecule has 6 nitrogen and oxygen atoms in total. The van der Waals surface area contributed by atoms with Crippen molar-refractivity contribution in [3.8, 4) is 11.5 Å². The molecule has 1 amide bonds. The summed E-state index contributed by atoms with van der Waals surface area (Å²) in [5.41, 5.74) is 1.65. The summed E-state index contributed by atoms with van der Waals surface area (Å²) in [7, 11) is 4.87. The van der Waals surface area contributed by atoms with Gasteiger partial charge in [0, 0.05) is 19.0 Å². The number of hydrogen-bond donors (Lipinski definition) is 1. The average Bonchev–Trinajstić information content (AvgIpc) is 3.26. The normalized spacial score (nSPS) is 12.8. The van der Waals surface area contributed by atoms with Crippen LogP contribution < -0.4 is 9.47 Å². The van der Waals surface area contributed by atoms with Gasteiger partial charge in [-0.05, 0) is 42.8 Å². The van der Waals surface area contributed by atoms with Crippen LogP contribution in [0.2, 0.25) is 0 Å². The van der Waals surface area contributed by atoms with Gasteiger partial charge in [0.15, 0.2) is 5.76 Å². The van der Waals surface area contributed by atoms with E-state index >= 15 is 0 Å². The number of likely N-dealkylation sites (N-methyl/N-ethyl adjacent to an activating group) is 1. The zero-order valence-electron chi connectivity index (χ0n) is 17.7. The van der Waals surface area contributed by atoms with Gasteiger partial charge in [-0.25, -0.2) is 0 Å². The van der Waals surface area contributed by atoms with E-state index in [9.17, 15) is 9.90 Å². The van der Waals surface area contributed by atoms with Crippen molar-refractivity contribution in [2.24, 2.45) is 0 Å². The van der Waals surface area contributed by atoms with E-state index in [4.69, 9.17) is 13.9 Å². The van der Waals surface area contributed by atoms with Crippen molar-refractivity contribution >= 4 is 5.91 Å². The molecule has 0 unspecified atom stereocenters. The largest absolute Gasteiger partial charge is 0.497 e. The minimum Gasteiger partial charge on any atom is -0.497 e. The summed E-state index contributed by atoms with van der Waals surface area (Å²) < 4.78 is 16.5. The van der Waals surface area contributed by atoms with Crippen LogP contribution in [0.15, 0.2) is 65.1 Å². The fraction of sp³-hybridized carbons (Fsp3) is 0.292. The van der Waals surface area contributed by atoms with Crippen LogP contribution in [0.1, 0.15) is 40.5 Å². The lowest BCUT2D eigenvalue weighted by molar-refractivity contribution is 0.0460. The molecule has 0 saturated heterocycles. The van der Waals surface area contributed by atoms with Crippen molar-refractivity contribution in [3.05, 3.63) is 83.3 Å². The molecule has 2 atom stereocenters. The molecule has 3 aromatic rings. The number of amides is 1. The molecule has 0 aliphatic heterocycles. The molecular formula is C24H27NO5. The standard InChI is InChI=1S/C24H27NO5/c1-16(23(26)17-8-6-5-7-9-17)25(2)24(27)22-13-11-20(30-22)15-18-14-19(28-3)10-12-21(18)29-4/h5-14,16,23,26H,15H2,1-4H3/t16-,23-/m0/s1. The van der Waals surface area contributed by atoms with E-state index in [0.29, 0.717) is 12.2 Å². The molecule has 6 heteroatoms. The van der Waals surface area contributed by atoms with Crippen LogP contribution in [-0.2, 0) is 6.42 Å². The van der Waals surface area contributed by atoms with Crippen molar-refractivity contribution in [1.82, 2.24) is 4.90 Å². The zero-order chi connectivity index (χ0) is 21.7. The predicted molar refractivity (Wildman–Crippen MR) is 114 cm³/mol. The quantitative estimate of drug-likeness (QED) is 0.607. The third kappa shape index (κ3) is 4.66. The number of rotatable bonds is 8. The van der Waals surface area contributed by atoms with E-state index in [1.807, 2.05) is 48.5 Å².